The van der Waals surface area contributed by atoms with Crippen molar-refractivity contribution in [2.75, 3.05) is 0 Å². The summed E-state index contributed by atoms with van der Waals surface area (Å²) in [4.78, 5) is 20.8. The number of hydrogen-bond acceptors (Lipinski definition) is 2. The van der Waals surface area contributed by atoms with E-state index < -0.39 is 11.9 Å². The van der Waals surface area contributed by atoms with E-state index in [1.807, 2.05) is 0 Å². The second-order valence-corrected chi connectivity index (χ2v) is 2.58. The molecule has 0 spiro atoms. The van der Waals surface area contributed by atoms with Gasteiger partial charge in [0.1, 0.15) is 0 Å². The molecule has 4 nitrogen and oxygen atoms in total. The molecule has 0 heterocycles. The van der Waals surface area contributed by atoms with E-state index >= 15 is 0 Å². The summed E-state index contributed by atoms with van der Waals surface area (Å²) in [5.41, 5.74) is 0.603. The summed E-state index contributed by atoms with van der Waals surface area (Å²) >= 11 is 0. The Hall–Kier alpha value is 0.212. The zero-order valence-corrected chi connectivity index (χ0v) is 6.73. The molecule has 1 aromatic carbocycles. The zero-order chi connectivity index (χ0) is 9.84. The van der Waals surface area contributed by atoms with Crippen LogP contribution in [0.4, 0.5) is 0 Å². The van der Waals surface area contributed by atoms with Gasteiger partial charge in [-0.2, -0.15) is 0 Å². The Morgan fingerprint density at radius 1 is 1.21 bits per heavy atom. The van der Waals surface area contributed by atoms with Crippen LogP contribution in [0.1, 0.15) is 15.9 Å². The molecule has 14 heavy (non-hydrogen) atoms. The molecule has 0 aliphatic carbocycles. The maximum atomic E-state index is 10.5. The SMILES string of the molecule is O=C(O)Cc1cccc(C(=O)O)c1.[CsH]. The standard InChI is InChI=1S/C9H8O4.Cs.H/c10-8(11)5-6-2-1-3-7(4-6)9(12)13;;/h1-4H,5H2,(H,10,11)(H,12,13);;. The van der Waals surface area contributed by atoms with Crippen LogP contribution in [0.2, 0.25) is 0 Å². The molecule has 1 rings (SSSR count). The van der Waals surface area contributed by atoms with Gasteiger partial charge in [-0.1, -0.05) is 12.1 Å². The summed E-state index contributed by atoms with van der Waals surface area (Å²) in [5.74, 6) is -2.02. The van der Waals surface area contributed by atoms with Gasteiger partial charge < -0.3 is 10.2 Å². The van der Waals surface area contributed by atoms with Crippen molar-refractivity contribution in [2.24, 2.45) is 0 Å². The Labute approximate surface area is 140 Å². The average Bonchev–Trinajstić information content (AvgIpc) is 2.03. The maximum absolute atomic E-state index is 10.5. The molecule has 0 saturated heterocycles. The summed E-state index contributed by atoms with van der Waals surface area (Å²) in [6.07, 6.45) is -0.152. The predicted octanol–water partition coefficient (Wildman–Crippen LogP) is 0.363. The molecule has 0 bridgehead atoms. The van der Waals surface area contributed by atoms with Crippen molar-refractivity contribution >= 4 is 80.8 Å². The Kier molecular flexibility index (Phi) is 6.75. The van der Waals surface area contributed by atoms with Crippen LogP contribution in [0.25, 0.3) is 0 Å². The molecule has 0 aromatic heterocycles. The zero-order valence-electron chi connectivity index (χ0n) is 6.73. The summed E-state index contributed by atoms with van der Waals surface area (Å²) < 4.78 is 0. The Morgan fingerprint density at radius 3 is 2.36 bits per heavy atom. The van der Waals surface area contributed by atoms with Crippen molar-refractivity contribution < 1.29 is 19.8 Å². The molecule has 1 aromatic rings. The predicted molar refractivity (Wildman–Crippen MR) is 51.9 cm³/mol. The Balaban J connectivity index is 0.00000169. The first-order valence-electron chi connectivity index (χ1n) is 3.63. The van der Waals surface area contributed by atoms with Crippen LogP contribution in [0.15, 0.2) is 24.3 Å². The molecule has 0 aliphatic rings. The molecule has 0 fully saturated rings. The fourth-order valence-electron chi connectivity index (χ4n) is 0.989. The number of aromatic carboxylic acids is 1. The molecule has 70 valence electrons. The van der Waals surface area contributed by atoms with Gasteiger partial charge >= 0.3 is 80.8 Å². The summed E-state index contributed by atoms with van der Waals surface area (Å²) in [6.45, 7) is 0. The summed E-state index contributed by atoms with van der Waals surface area (Å²) in [5, 5.41) is 17.0. The van der Waals surface area contributed by atoms with E-state index in [9.17, 15) is 9.59 Å². The third-order valence-electron chi connectivity index (χ3n) is 1.53. The summed E-state index contributed by atoms with van der Waals surface area (Å²) in [6, 6.07) is 5.90. The molecule has 0 radical (unpaired) electrons. The van der Waals surface area contributed by atoms with Gasteiger partial charge in [-0.25, -0.2) is 4.79 Å². The van der Waals surface area contributed by atoms with Gasteiger partial charge in [0.2, 0.25) is 0 Å². The molecule has 0 atom stereocenters. The number of hydrogen-bond donors (Lipinski definition) is 2. The van der Waals surface area contributed by atoms with Crippen LogP contribution in [0.5, 0.6) is 0 Å². The van der Waals surface area contributed by atoms with Crippen molar-refractivity contribution in [1.82, 2.24) is 0 Å². The van der Waals surface area contributed by atoms with E-state index in [1.54, 1.807) is 6.07 Å². The van der Waals surface area contributed by atoms with Gasteiger partial charge in [0, 0.05) is 0 Å². The molecule has 0 unspecified atom stereocenters. The summed E-state index contributed by atoms with van der Waals surface area (Å²) in [7, 11) is 0. The Morgan fingerprint density at radius 2 is 1.86 bits per heavy atom. The van der Waals surface area contributed by atoms with Gasteiger partial charge in [0.25, 0.3) is 0 Å². The average molecular weight is 314 g/mol. The van der Waals surface area contributed by atoms with Crippen LogP contribution < -0.4 is 0 Å². The molecule has 5 heteroatoms. The van der Waals surface area contributed by atoms with Crippen LogP contribution in [-0.4, -0.2) is 91.0 Å². The minimum absolute atomic E-state index is 0. The Bertz CT molecular complexity index is 348. The third kappa shape index (κ3) is 4.63. The number of benzene rings is 1. The number of rotatable bonds is 3. The fraction of sp³-hybridized carbons (Fsp3) is 0.111. The van der Waals surface area contributed by atoms with Gasteiger partial charge in [0.05, 0.1) is 12.0 Å². The van der Waals surface area contributed by atoms with E-state index in [0.717, 1.165) is 0 Å². The van der Waals surface area contributed by atoms with Crippen molar-refractivity contribution in [3.63, 3.8) is 0 Å². The number of aliphatic carboxylic acids is 1. The van der Waals surface area contributed by atoms with E-state index in [0.29, 0.717) is 5.56 Å². The molecule has 0 saturated carbocycles. The normalized spacial score (nSPS) is 8.86. The number of carboxylic acids is 2. The fourth-order valence-corrected chi connectivity index (χ4v) is 0.989. The first-order chi connectivity index (χ1) is 6.09. The van der Waals surface area contributed by atoms with Crippen LogP contribution in [0.3, 0.4) is 0 Å². The van der Waals surface area contributed by atoms with Crippen LogP contribution in [-0.2, 0) is 11.2 Å². The quantitative estimate of drug-likeness (QED) is 0.845. The first kappa shape index (κ1) is 14.2. The van der Waals surface area contributed by atoms with E-state index in [-0.39, 0.29) is 80.9 Å². The van der Waals surface area contributed by atoms with Crippen molar-refractivity contribution in [1.29, 1.82) is 0 Å². The second-order valence-electron chi connectivity index (χ2n) is 2.58. The van der Waals surface area contributed by atoms with E-state index in [2.05, 4.69) is 0 Å². The van der Waals surface area contributed by atoms with Crippen molar-refractivity contribution in [3.05, 3.63) is 35.4 Å². The van der Waals surface area contributed by atoms with Crippen molar-refractivity contribution in [3.8, 4) is 0 Å². The van der Waals surface area contributed by atoms with Gasteiger partial charge in [-0.3, -0.25) is 4.79 Å². The van der Waals surface area contributed by atoms with Crippen molar-refractivity contribution in [2.45, 2.75) is 6.42 Å². The van der Waals surface area contributed by atoms with Crippen LogP contribution in [0, 0.1) is 0 Å². The molecule has 0 amide bonds. The minimum atomic E-state index is -1.05. The van der Waals surface area contributed by atoms with E-state index in [4.69, 9.17) is 10.2 Å². The topological polar surface area (TPSA) is 74.6 Å². The van der Waals surface area contributed by atoms with E-state index in [1.165, 1.54) is 18.2 Å². The van der Waals surface area contributed by atoms with Gasteiger partial charge in [-0.15, -0.1) is 0 Å². The molecule has 2 N–H and O–H groups in total. The third-order valence-corrected chi connectivity index (χ3v) is 1.53. The van der Waals surface area contributed by atoms with Gasteiger partial charge in [0.15, 0.2) is 0 Å². The monoisotopic (exact) mass is 314 g/mol. The first-order valence-corrected chi connectivity index (χ1v) is 3.63. The second kappa shape index (κ2) is 6.65. The number of carbonyl (C=O) groups is 2. The van der Waals surface area contributed by atoms with Gasteiger partial charge in [-0.05, 0) is 17.7 Å². The molecule has 0 aliphatic heterocycles. The molecular weight excluding hydrogens is 305 g/mol. The van der Waals surface area contributed by atoms with Crippen LogP contribution >= 0.6 is 0 Å². The molecular formula is C9H9CsO4. The number of carboxylic acid groups (broad SMARTS) is 2.